The van der Waals surface area contributed by atoms with Gasteiger partial charge in [-0.2, -0.15) is 0 Å². The SMILES string of the molecule is CCOC(=O)c1nnc(SCC2CN(CC)CCO2)o1. The number of morpholine rings is 1. The second kappa shape index (κ2) is 7.61. The molecule has 1 aromatic heterocycles. The first-order valence-corrected chi connectivity index (χ1v) is 7.68. The molecule has 0 N–H and O–H groups in total. The van der Waals surface area contributed by atoms with Crippen LogP contribution >= 0.6 is 11.8 Å². The molecule has 1 aliphatic rings. The van der Waals surface area contributed by atoms with E-state index in [-0.39, 0.29) is 18.6 Å². The normalized spacial score (nSPS) is 20.0. The third kappa shape index (κ3) is 4.19. The van der Waals surface area contributed by atoms with E-state index in [2.05, 4.69) is 22.0 Å². The molecule has 0 aliphatic carbocycles. The Labute approximate surface area is 122 Å². The van der Waals surface area contributed by atoms with Crippen molar-refractivity contribution in [1.82, 2.24) is 15.1 Å². The first kappa shape index (κ1) is 15.3. The molecule has 2 rings (SSSR count). The molecule has 0 spiro atoms. The lowest BCUT2D eigenvalue weighted by Crippen LogP contribution is -2.43. The van der Waals surface area contributed by atoms with Crippen molar-refractivity contribution in [2.45, 2.75) is 25.2 Å². The topological polar surface area (TPSA) is 77.7 Å². The summed E-state index contributed by atoms with van der Waals surface area (Å²) in [5.41, 5.74) is 0. The summed E-state index contributed by atoms with van der Waals surface area (Å²) in [5, 5.41) is 7.85. The zero-order valence-electron chi connectivity index (χ0n) is 11.7. The predicted octanol–water partition coefficient (Wildman–Crippen LogP) is 1.06. The summed E-state index contributed by atoms with van der Waals surface area (Å²) in [6, 6.07) is 0. The Morgan fingerprint density at radius 1 is 1.50 bits per heavy atom. The molecule has 0 saturated carbocycles. The summed E-state index contributed by atoms with van der Waals surface area (Å²) in [6.07, 6.45) is 0.145. The van der Waals surface area contributed by atoms with Crippen molar-refractivity contribution in [1.29, 1.82) is 0 Å². The van der Waals surface area contributed by atoms with Crippen molar-refractivity contribution in [2.75, 3.05) is 38.6 Å². The van der Waals surface area contributed by atoms with Crippen molar-refractivity contribution in [2.24, 2.45) is 0 Å². The largest absolute Gasteiger partial charge is 0.459 e. The van der Waals surface area contributed by atoms with E-state index in [0.717, 1.165) is 32.0 Å². The zero-order chi connectivity index (χ0) is 14.4. The fraction of sp³-hybridized carbons (Fsp3) is 0.750. The zero-order valence-corrected chi connectivity index (χ0v) is 12.5. The molecular formula is C12H19N3O4S. The van der Waals surface area contributed by atoms with Crippen LogP contribution in [0.1, 0.15) is 24.5 Å². The molecule has 0 amide bonds. The van der Waals surface area contributed by atoms with Crippen LogP contribution in [0.25, 0.3) is 0 Å². The van der Waals surface area contributed by atoms with Crippen LogP contribution in [0.2, 0.25) is 0 Å². The lowest BCUT2D eigenvalue weighted by atomic mass is 10.3. The smallest absolute Gasteiger partial charge is 0.396 e. The number of hydrogen-bond donors (Lipinski definition) is 0. The average Bonchev–Trinajstić information content (AvgIpc) is 2.94. The van der Waals surface area contributed by atoms with Gasteiger partial charge in [-0.1, -0.05) is 23.8 Å². The highest BCUT2D eigenvalue weighted by atomic mass is 32.2. The van der Waals surface area contributed by atoms with E-state index in [0.29, 0.717) is 5.22 Å². The fourth-order valence-corrected chi connectivity index (χ4v) is 2.64. The molecule has 1 aliphatic heterocycles. The molecule has 0 aromatic carbocycles. The number of hydrogen-bond acceptors (Lipinski definition) is 8. The predicted molar refractivity (Wildman–Crippen MR) is 72.8 cm³/mol. The molecule has 2 heterocycles. The number of likely N-dealkylation sites (N-methyl/N-ethyl adjacent to an activating group) is 1. The maximum absolute atomic E-state index is 11.4. The van der Waals surface area contributed by atoms with Crippen molar-refractivity contribution >= 4 is 17.7 Å². The Hall–Kier alpha value is -1.12. The second-order valence-electron chi connectivity index (χ2n) is 4.29. The third-order valence-electron chi connectivity index (χ3n) is 2.92. The summed E-state index contributed by atoms with van der Waals surface area (Å²) >= 11 is 1.40. The van der Waals surface area contributed by atoms with Gasteiger partial charge in [-0.05, 0) is 13.5 Å². The molecule has 1 atom stereocenters. The molecule has 8 heteroatoms. The van der Waals surface area contributed by atoms with Gasteiger partial charge in [-0.3, -0.25) is 4.90 Å². The molecule has 1 saturated heterocycles. The first-order chi connectivity index (χ1) is 9.72. The lowest BCUT2D eigenvalue weighted by molar-refractivity contribution is -0.0138. The highest BCUT2D eigenvalue weighted by molar-refractivity contribution is 7.99. The summed E-state index contributed by atoms with van der Waals surface area (Å²) in [7, 11) is 0. The van der Waals surface area contributed by atoms with Gasteiger partial charge in [0.25, 0.3) is 5.22 Å². The van der Waals surface area contributed by atoms with Gasteiger partial charge in [0.1, 0.15) is 0 Å². The van der Waals surface area contributed by atoms with E-state index in [9.17, 15) is 4.79 Å². The highest BCUT2D eigenvalue weighted by Crippen LogP contribution is 2.20. The van der Waals surface area contributed by atoms with E-state index in [1.54, 1.807) is 6.92 Å². The molecule has 112 valence electrons. The maximum Gasteiger partial charge on any atom is 0.396 e. The Balaban J connectivity index is 1.80. The fourth-order valence-electron chi connectivity index (χ4n) is 1.88. The molecular weight excluding hydrogens is 282 g/mol. The number of aromatic nitrogens is 2. The van der Waals surface area contributed by atoms with Gasteiger partial charge in [-0.25, -0.2) is 4.79 Å². The third-order valence-corrected chi connectivity index (χ3v) is 3.87. The number of esters is 1. The molecule has 1 fully saturated rings. The van der Waals surface area contributed by atoms with E-state index >= 15 is 0 Å². The van der Waals surface area contributed by atoms with Gasteiger partial charge >= 0.3 is 11.9 Å². The summed E-state index contributed by atoms with van der Waals surface area (Å²) in [5.74, 6) is 0.0352. The molecule has 7 nitrogen and oxygen atoms in total. The van der Waals surface area contributed by atoms with E-state index in [4.69, 9.17) is 13.9 Å². The second-order valence-corrected chi connectivity index (χ2v) is 5.26. The minimum atomic E-state index is -0.585. The number of nitrogens with zero attached hydrogens (tertiary/aromatic N) is 3. The van der Waals surface area contributed by atoms with Gasteiger partial charge < -0.3 is 13.9 Å². The quantitative estimate of drug-likeness (QED) is 0.570. The molecule has 0 radical (unpaired) electrons. The van der Waals surface area contributed by atoms with Crippen LogP contribution in [0.4, 0.5) is 0 Å². The number of carbonyl (C=O) groups excluding carboxylic acids is 1. The Morgan fingerprint density at radius 2 is 2.35 bits per heavy atom. The number of ether oxygens (including phenoxy) is 2. The minimum absolute atomic E-state index is 0.103. The van der Waals surface area contributed by atoms with Gasteiger partial charge in [0.15, 0.2) is 0 Å². The Kier molecular flexibility index (Phi) is 5.81. The molecule has 20 heavy (non-hydrogen) atoms. The van der Waals surface area contributed by atoms with Crippen molar-refractivity contribution in [3.8, 4) is 0 Å². The van der Waals surface area contributed by atoms with Gasteiger partial charge in [0, 0.05) is 18.8 Å². The van der Waals surface area contributed by atoms with E-state index in [1.807, 2.05) is 0 Å². The highest BCUT2D eigenvalue weighted by Gasteiger charge is 2.21. The number of rotatable bonds is 6. The summed E-state index contributed by atoms with van der Waals surface area (Å²) < 4.78 is 15.7. The molecule has 1 unspecified atom stereocenters. The minimum Gasteiger partial charge on any atom is -0.459 e. The standard InChI is InChI=1S/C12H19N3O4S/c1-3-15-5-6-18-9(7-15)8-20-12-14-13-10(19-12)11(16)17-4-2/h9H,3-8H2,1-2H3. The van der Waals surface area contributed by atoms with Crippen molar-refractivity contribution in [3.63, 3.8) is 0 Å². The first-order valence-electron chi connectivity index (χ1n) is 6.70. The Bertz CT molecular complexity index is 440. The number of thioether (sulfide) groups is 1. The van der Waals surface area contributed by atoms with Crippen LogP contribution in [0.5, 0.6) is 0 Å². The number of carbonyl (C=O) groups is 1. The summed E-state index contributed by atoms with van der Waals surface area (Å²) in [4.78, 5) is 13.7. The lowest BCUT2D eigenvalue weighted by Gasteiger charge is -2.31. The van der Waals surface area contributed by atoms with E-state index < -0.39 is 5.97 Å². The van der Waals surface area contributed by atoms with Gasteiger partial charge in [-0.15, -0.1) is 5.10 Å². The molecule has 1 aromatic rings. The van der Waals surface area contributed by atoms with Crippen LogP contribution in [0.3, 0.4) is 0 Å². The molecule has 0 bridgehead atoms. The van der Waals surface area contributed by atoms with Crippen LogP contribution in [0.15, 0.2) is 9.64 Å². The van der Waals surface area contributed by atoms with Crippen molar-refractivity contribution < 1.29 is 18.7 Å². The maximum atomic E-state index is 11.4. The average molecular weight is 301 g/mol. The van der Waals surface area contributed by atoms with Crippen LogP contribution < -0.4 is 0 Å². The Morgan fingerprint density at radius 3 is 3.10 bits per heavy atom. The van der Waals surface area contributed by atoms with Crippen LogP contribution in [-0.4, -0.2) is 65.8 Å². The van der Waals surface area contributed by atoms with Gasteiger partial charge in [0.05, 0.1) is 19.3 Å². The monoisotopic (exact) mass is 301 g/mol. The van der Waals surface area contributed by atoms with E-state index in [1.165, 1.54) is 11.8 Å². The van der Waals surface area contributed by atoms with Crippen LogP contribution in [-0.2, 0) is 9.47 Å². The van der Waals surface area contributed by atoms with Crippen LogP contribution in [0, 0.1) is 0 Å². The van der Waals surface area contributed by atoms with Crippen molar-refractivity contribution in [3.05, 3.63) is 5.89 Å². The summed E-state index contributed by atoms with van der Waals surface area (Å²) in [6.45, 7) is 7.80. The van der Waals surface area contributed by atoms with Gasteiger partial charge in [0.2, 0.25) is 0 Å².